The monoisotopic (exact) mass is 490 g/mol. The van der Waals surface area contributed by atoms with Crippen molar-refractivity contribution in [2.75, 3.05) is 6.61 Å². The van der Waals surface area contributed by atoms with E-state index in [2.05, 4.69) is 0 Å². The van der Waals surface area contributed by atoms with Crippen LogP contribution in [0, 0.1) is 0 Å². The van der Waals surface area contributed by atoms with Crippen molar-refractivity contribution in [1.29, 1.82) is 0 Å². The maximum absolute atomic E-state index is 13.3. The molecule has 0 saturated heterocycles. The quantitative estimate of drug-likeness (QED) is 0.324. The Bertz CT molecular complexity index is 1250. The van der Waals surface area contributed by atoms with Gasteiger partial charge in [0.25, 0.3) is 0 Å². The van der Waals surface area contributed by atoms with Crippen molar-refractivity contribution >= 4 is 44.9 Å². The first-order chi connectivity index (χ1) is 15.2. The molecule has 8 heteroatoms. The predicted octanol–water partition coefficient (Wildman–Crippen LogP) is 5.67. The van der Waals surface area contributed by atoms with Crippen LogP contribution in [0.3, 0.4) is 0 Å². The van der Waals surface area contributed by atoms with E-state index in [0.29, 0.717) is 39.6 Å². The number of aromatic hydroxyl groups is 1. The summed E-state index contributed by atoms with van der Waals surface area (Å²) < 4.78 is 32.1. The van der Waals surface area contributed by atoms with E-state index >= 15 is 0 Å². The van der Waals surface area contributed by atoms with Crippen LogP contribution < -0.4 is 4.74 Å². The zero-order chi connectivity index (χ0) is 23.3. The number of benzene rings is 3. The molecule has 0 unspecified atom stereocenters. The van der Waals surface area contributed by atoms with Gasteiger partial charge in [0.2, 0.25) is 0 Å². The van der Waals surface area contributed by atoms with Gasteiger partial charge in [-0.2, -0.15) is 0 Å². The van der Waals surface area contributed by atoms with E-state index in [1.807, 2.05) is 0 Å². The number of hydrogen-bond donors (Lipinski definition) is 1. The summed E-state index contributed by atoms with van der Waals surface area (Å²) in [5, 5.41) is 11.0. The molecule has 3 rings (SSSR count). The van der Waals surface area contributed by atoms with Crippen LogP contribution in [0.2, 0.25) is 10.0 Å². The SMILES string of the molecule is CCOc1cc(/C(=C(/C=O)S(=O)(=O)Cc2ccc(Cl)cc2)c2ccc(Cl)cc2)ccc1O. The molecular weight excluding hydrogens is 471 g/mol. The zero-order valence-electron chi connectivity index (χ0n) is 17.1. The number of aldehydes is 1. The molecular formula is C24H20Cl2O5S. The largest absolute Gasteiger partial charge is 0.504 e. The molecule has 3 aromatic rings. The fourth-order valence-corrected chi connectivity index (χ4v) is 4.91. The highest BCUT2D eigenvalue weighted by atomic mass is 35.5. The second-order valence-corrected chi connectivity index (χ2v) is 9.70. The van der Waals surface area contributed by atoms with Gasteiger partial charge in [0.1, 0.15) is 4.91 Å². The van der Waals surface area contributed by atoms with Crippen molar-refractivity contribution in [3.8, 4) is 11.5 Å². The Morgan fingerprint density at radius 2 is 1.50 bits per heavy atom. The summed E-state index contributed by atoms with van der Waals surface area (Å²) >= 11 is 11.9. The average Bonchev–Trinajstić information content (AvgIpc) is 2.76. The maximum Gasteiger partial charge on any atom is 0.186 e. The summed E-state index contributed by atoms with van der Waals surface area (Å²) in [6, 6.07) is 17.3. The molecule has 1 N–H and O–H groups in total. The Morgan fingerprint density at radius 1 is 0.938 bits per heavy atom. The summed E-state index contributed by atoms with van der Waals surface area (Å²) in [6.07, 6.45) is 0.336. The predicted molar refractivity (Wildman–Crippen MR) is 127 cm³/mol. The molecule has 0 saturated carbocycles. The summed E-state index contributed by atoms with van der Waals surface area (Å²) in [7, 11) is -4.05. The van der Waals surface area contributed by atoms with Gasteiger partial charge in [-0.1, -0.05) is 53.5 Å². The number of phenols is 1. The number of rotatable bonds is 8. The van der Waals surface area contributed by atoms with E-state index in [1.165, 1.54) is 18.2 Å². The van der Waals surface area contributed by atoms with Gasteiger partial charge >= 0.3 is 0 Å². The topological polar surface area (TPSA) is 80.7 Å². The number of ether oxygens (including phenoxy) is 1. The molecule has 0 spiro atoms. The fraction of sp³-hybridized carbons (Fsp3) is 0.125. The van der Waals surface area contributed by atoms with Gasteiger partial charge in [-0.05, 0) is 60.0 Å². The lowest BCUT2D eigenvalue weighted by molar-refractivity contribution is -0.104. The number of phenolic OH excluding ortho intramolecular Hbond substituents is 1. The molecule has 166 valence electrons. The minimum atomic E-state index is -4.05. The van der Waals surface area contributed by atoms with E-state index in [1.54, 1.807) is 55.5 Å². The molecule has 0 fully saturated rings. The normalized spacial score (nSPS) is 12.2. The van der Waals surface area contributed by atoms with E-state index in [9.17, 15) is 18.3 Å². The van der Waals surface area contributed by atoms with Crippen LogP contribution in [0.25, 0.3) is 5.57 Å². The number of halogens is 2. The first-order valence-electron chi connectivity index (χ1n) is 9.64. The minimum absolute atomic E-state index is 0.0947. The van der Waals surface area contributed by atoms with Gasteiger partial charge in [0.05, 0.1) is 12.4 Å². The van der Waals surface area contributed by atoms with Gasteiger partial charge < -0.3 is 9.84 Å². The molecule has 0 heterocycles. The number of hydrogen-bond acceptors (Lipinski definition) is 5. The van der Waals surface area contributed by atoms with Crippen molar-refractivity contribution in [3.05, 3.63) is 98.4 Å². The first kappa shape index (κ1) is 23.9. The smallest absolute Gasteiger partial charge is 0.186 e. The van der Waals surface area contributed by atoms with Gasteiger partial charge in [-0.15, -0.1) is 0 Å². The summed E-state index contributed by atoms with van der Waals surface area (Å²) in [5.74, 6) is -0.300. The van der Waals surface area contributed by atoms with Crippen LogP contribution >= 0.6 is 23.2 Å². The van der Waals surface area contributed by atoms with Gasteiger partial charge in [0, 0.05) is 15.6 Å². The van der Waals surface area contributed by atoms with Crippen LogP contribution in [0.4, 0.5) is 0 Å². The van der Waals surface area contributed by atoms with Crippen LogP contribution in [0.5, 0.6) is 11.5 Å². The Kier molecular flexibility index (Phi) is 7.61. The third-order valence-electron chi connectivity index (χ3n) is 4.64. The molecule has 0 aliphatic rings. The van der Waals surface area contributed by atoms with Crippen LogP contribution in [0.15, 0.2) is 71.6 Å². The molecule has 0 amide bonds. The van der Waals surface area contributed by atoms with Crippen molar-refractivity contribution in [3.63, 3.8) is 0 Å². The lowest BCUT2D eigenvalue weighted by Gasteiger charge is -2.15. The zero-order valence-corrected chi connectivity index (χ0v) is 19.4. The molecule has 5 nitrogen and oxygen atoms in total. The van der Waals surface area contributed by atoms with Crippen LogP contribution in [0.1, 0.15) is 23.6 Å². The molecule has 0 atom stereocenters. The van der Waals surface area contributed by atoms with Crippen molar-refractivity contribution in [2.24, 2.45) is 0 Å². The summed E-state index contributed by atoms with van der Waals surface area (Å²) in [6.45, 7) is 2.06. The third-order valence-corrected chi connectivity index (χ3v) is 6.83. The molecule has 0 aliphatic heterocycles. The second-order valence-electron chi connectivity index (χ2n) is 6.87. The van der Waals surface area contributed by atoms with Crippen molar-refractivity contribution < 1.29 is 23.1 Å². The minimum Gasteiger partial charge on any atom is -0.504 e. The Balaban J connectivity index is 2.23. The Morgan fingerprint density at radius 3 is 2.06 bits per heavy atom. The van der Waals surface area contributed by atoms with Crippen molar-refractivity contribution in [2.45, 2.75) is 12.7 Å². The number of carbonyl (C=O) groups excluding carboxylic acids is 1. The molecule has 0 aromatic heterocycles. The van der Waals surface area contributed by atoms with Gasteiger partial charge in [0.15, 0.2) is 27.6 Å². The van der Waals surface area contributed by atoms with Gasteiger partial charge in [-0.3, -0.25) is 4.79 Å². The van der Waals surface area contributed by atoms with E-state index in [0.717, 1.165) is 0 Å². The fourth-order valence-electron chi connectivity index (χ4n) is 3.17. The highest BCUT2D eigenvalue weighted by Crippen LogP contribution is 2.36. The standard InChI is InChI=1S/C24H20Cl2O5S/c1-2-31-22-13-18(7-12-21(22)28)24(17-5-10-20(26)11-6-17)23(14-27)32(29,30)15-16-3-8-19(25)9-4-16/h3-14,28H,2,15H2,1H3/b24-23-. The molecule has 32 heavy (non-hydrogen) atoms. The lowest BCUT2D eigenvalue weighted by Crippen LogP contribution is -2.12. The van der Waals surface area contributed by atoms with E-state index < -0.39 is 9.84 Å². The number of sulfone groups is 1. The highest BCUT2D eigenvalue weighted by molar-refractivity contribution is 7.95. The number of allylic oxidation sites excluding steroid dienone is 1. The molecule has 3 aromatic carbocycles. The molecule has 0 radical (unpaired) electrons. The van der Waals surface area contributed by atoms with E-state index in [4.69, 9.17) is 27.9 Å². The van der Waals surface area contributed by atoms with Crippen LogP contribution in [-0.4, -0.2) is 26.4 Å². The van der Waals surface area contributed by atoms with Crippen molar-refractivity contribution in [1.82, 2.24) is 0 Å². The lowest BCUT2D eigenvalue weighted by atomic mass is 9.97. The molecule has 0 aliphatic carbocycles. The Hall–Kier alpha value is -2.80. The third kappa shape index (κ3) is 5.51. The van der Waals surface area contributed by atoms with E-state index in [-0.39, 0.29) is 27.7 Å². The highest BCUT2D eigenvalue weighted by Gasteiger charge is 2.25. The number of carbonyl (C=O) groups is 1. The Labute approximate surface area is 196 Å². The first-order valence-corrected chi connectivity index (χ1v) is 12.0. The second kappa shape index (κ2) is 10.2. The summed E-state index contributed by atoms with van der Waals surface area (Å²) in [5.41, 5.74) is 1.55. The average molecular weight is 491 g/mol. The summed E-state index contributed by atoms with van der Waals surface area (Å²) in [4.78, 5) is 11.8. The van der Waals surface area contributed by atoms with Gasteiger partial charge in [-0.25, -0.2) is 8.42 Å². The maximum atomic E-state index is 13.3. The molecule has 0 bridgehead atoms. The van der Waals surface area contributed by atoms with Crippen LogP contribution in [-0.2, 0) is 20.4 Å².